The highest BCUT2D eigenvalue weighted by molar-refractivity contribution is 5.29. The largest absolute Gasteiger partial charge is 0.497 e. The van der Waals surface area contributed by atoms with Crippen LogP contribution in [-0.4, -0.2) is 38.1 Å². The van der Waals surface area contributed by atoms with Crippen LogP contribution in [0, 0.1) is 0 Å². The van der Waals surface area contributed by atoms with Crippen LogP contribution in [0.25, 0.3) is 0 Å². The van der Waals surface area contributed by atoms with Gasteiger partial charge >= 0.3 is 0 Å². The van der Waals surface area contributed by atoms with Crippen molar-refractivity contribution >= 4 is 0 Å². The third-order valence-electron chi connectivity index (χ3n) is 3.49. The summed E-state index contributed by atoms with van der Waals surface area (Å²) >= 11 is 0. The minimum atomic E-state index is -2.24. The molecule has 1 aliphatic heterocycles. The lowest BCUT2D eigenvalue weighted by atomic mass is 9.90. The molecule has 0 saturated carbocycles. The Morgan fingerprint density at radius 2 is 2.06 bits per heavy atom. The summed E-state index contributed by atoms with van der Waals surface area (Å²) in [5, 5.41) is 0. The molecule has 0 radical (unpaired) electrons. The van der Waals surface area contributed by atoms with Gasteiger partial charge in [0.1, 0.15) is 5.75 Å². The maximum atomic E-state index is 12.4. The highest BCUT2D eigenvalue weighted by atomic mass is 19.3. The Labute approximate surface area is 107 Å². The molecule has 1 unspecified atom stereocenters. The van der Waals surface area contributed by atoms with Gasteiger partial charge in [-0.3, -0.25) is 4.90 Å². The molecule has 1 heterocycles. The molecule has 0 aromatic heterocycles. The Bertz CT molecular complexity index is 367. The van der Waals surface area contributed by atoms with Gasteiger partial charge in [-0.05, 0) is 43.0 Å². The van der Waals surface area contributed by atoms with Crippen LogP contribution in [0.15, 0.2) is 24.3 Å². The van der Waals surface area contributed by atoms with E-state index in [0.29, 0.717) is 5.92 Å². The van der Waals surface area contributed by atoms with Crippen LogP contribution in [0.3, 0.4) is 0 Å². The molecule has 0 spiro atoms. The summed E-state index contributed by atoms with van der Waals surface area (Å²) in [5.41, 5.74) is 1.22. The molecule has 2 rings (SSSR count). The molecule has 0 amide bonds. The molecule has 18 heavy (non-hydrogen) atoms. The first-order chi connectivity index (χ1) is 8.69. The summed E-state index contributed by atoms with van der Waals surface area (Å²) in [6.07, 6.45) is -0.172. The average Bonchev–Trinajstić information content (AvgIpc) is 2.38. The van der Waals surface area contributed by atoms with Crippen molar-refractivity contribution in [3.05, 3.63) is 29.8 Å². The van der Waals surface area contributed by atoms with E-state index in [0.717, 1.165) is 31.7 Å². The van der Waals surface area contributed by atoms with E-state index in [1.807, 2.05) is 29.2 Å². The molecule has 0 N–H and O–H groups in total. The van der Waals surface area contributed by atoms with E-state index in [9.17, 15) is 8.78 Å². The first kappa shape index (κ1) is 13.3. The summed E-state index contributed by atoms with van der Waals surface area (Å²) in [7, 11) is 1.64. The van der Waals surface area contributed by atoms with Crippen LogP contribution in [0.4, 0.5) is 8.78 Å². The third kappa shape index (κ3) is 3.42. The number of piperidine rings is 1. The van der Waals surface area contributed by atoms with E-state index in [1.54, 1.807) is 7.11 Å². The summed E-state index contributed by atoms with van der Waals surface area (Å²) in [6, 6.07) is 7.94. The first-order valence-electron chi connectivity index (χ1n) is 6.33. The van der Waals surface area contributed by atoms with Crippen molar-refractivity contribution in [2.24, 2.45) is 0 Å². The van der Waals surface area contributed by atoms with E-state index in [2.05, 4.69) is 0 Å². The van der Waals surface area contributed by atoms with Crippen LogP contribution in [0.5, 0.6) is 5.75 Å². The Kier molecular flexibility index (Phi) is 4.53. The van der Waals surface area contributed by atoms with Gasteiger partial charge in [0.2, 0.25) is 0 Å². The normalized spacial score (nSPS) is 21.2. The van der Waals surface area contributed by atoms with Crippen LogP contribution >= 0.6 is 0 Å². The van der Waals surface area contributed by atoms with Crippen LogP contribution in [0.1, 0.15) is 24.3 Å². The fourth-order valence-electron chi connectivity index (χ4n) is 2.56. The molecule has 2 nitrogen and oxygen atoms in total. The van der Waals surface area contributed by atoms with Crippen molar-refractivity contribution in [1.82, 2.24) is 4.90 Å². The molecule has 0 bridgehead atoms. The van der Waals surface area contributed by atoms with E-state index < -0.39 is 6.43 Å². The number of alkyl halides is 2. The highest BCUT2D eigenvalue weighted by Gasteiger charge is 2.23. The van der Waals surface area contributed by atoms with E-state index in [4.69, 9.17) is 4.74 Å². The highest BCUT2D eigenvalue weighted by Crippen LogP contribution is 2.28. The Morgan fingerprint density at radius 3 is 2.67 bits per heavy atom. The molecule has 4 heteroatoms. The zero-order valence-electron chi connectivity index (χ0n) is 10.6. The zero-order chi connectivity index (χ0) is 13.0. The van der Waals surface area contributed by atoms with Crippen molar-refractivity contribution in [1.29, 1.82) is 0 Å². The lowest BCUT2D eigenvalue weighted by Gasteiger charge is -2.32. The maximum Gasteiger partial charge on any atom is 0.251 e. The van der Waals surface area contributed by atoms with Gasteiger partial charge in [0.15, 0.2) is 0 Å². The van der Waals surface area contributed by atoms with Gasteiger partial charge in [-0.25, -0.2) is 8.78 Å². The maximum absolute atomic E-state index is 12.4. The molecule has 1 saturated heterocycles. The number of rotatable bonds is 4. The van der Waals surface area contributed by atoms with Crippen molar-refractivity contribution < 1.29 is 13.5 Å². The van der Waals surface area contributed by atoms with Gasteiger partial charge in [-0.2, -0.15) is 0 Å². The Morgan fingerprint density at radius 1 is 1.33 bits per heavy atom. The number of ether oxygens (including phenoxy) is 1. The molecule has 1 atom stereocenters. The smallest absolute Gasteiger partial charge is 0.251 e. The topological polar surface area (TPSA) is 12.5 Å². The SMILES string of the molecule is COc1ccc(C2CCCN(CC(F)F)C2)cc1. The van der Waals surface area contributed by atoms with Crippen molar-refractivity contribution in [2.75, 3.05) is 26.7 Å². The molecule has 100 valence electrons. The van der Waals surface area contributed by atoms with Crippen LogP contribution < -0.4 is 4.74 Å². The predicted octanol–water partition coefficient (Wildman–Crippen LogP) is 3.14. The standard InChI is InChI=1S/C14H19F2NO/c1-18-13-6-4-11(5-7-13)12-3-2-8-17(9-12)10-14(15)16/h4-7,12,14H,2-3,8-10H2,1H3. The monoisotopic (exact) mass is 255 g/mol. The second kappa shape index (κ2) is 6.14. The molecule has 1 aromatic rings. The number of benzene rings is 1. The second-order valence-corrected chi connectivity index (χ2v) is 4.76. The van der Waals surface area contributed by atoms with Gasteiger partial charge in [-0.1, -0.05) is 12.1 Å². The molecule has 1 fully saturated rings. The number of hydrogen-bond donors (Lipinski definition) is 0. The van der Waals surface area contributed by atoms with E-state index in [-0.39, 0.29) is 6.54 Å². The van der Waals surface area contributed by atoms with Gasteiger partial charge in [-0.15, -0.1) is 0 Å². The van der Waals surface area contributed by atoms with Gasteiger partial charge in [0.05, 0.1) is 13.7 Å². The number of hydrogen-bond acceptors (Lipinski definition) is 2. The molecule has 1 aromatic carbocycles. The number of halogens is 2. The minimum Gasteiger partial charge on any atom is -0.497 e. The van der Waals surface area contributed by atoms with E-state index >= 15 is 0 Å². The predicted molar refractivity (Wildman–Crippen MR) is 67.4 cm³/mol. The first-order valence-corrected chi connectivity index (χ1v) is 6.33. The molecule has 1 aliphatic rings. The zero-order valence-corrected chi connectivity index (χ0v) is 10.6. The van der Waals surface area contributed by atoms with E-state index in [1.165, 1.54) is 5.56 Å². The quantitative estimate of drug-likeness (QED) is 0.819. The second-order valence-electron chi connectivity index (χ2n) is 4.76. The minimum absolute atomic E-state index is 0.105. The fourth-order valence-corrected chi connectivity index (χ4v) is 2.56. The number of nitrogens with zero attached hydrogens (tertiary/aromatic N) is 1. The van der Waals surface area contributed by atoms with Gasteiger partial charge in [0, 0.05) is 6.54 Å². The average molecular weight is 255 g/mol. The van der Waals surface area contributed by atoms with Crippen molar-refractivity contribution in [3.63, 3.8) is 0 Å². The van der Waals surface area contributed by atoms with Crippen LogP contribution in [0.2, 0.25) is 0 Å². The Balaban J connectivity index is 1.98. The number of methoxy groups -OCH3 is 1. The molecular formula is C14H19F2NO. The third-order valence-corrected chi connectivity index (χ3v) is 3.49. The summed E-state index contributed by atoms with van der Waals surface area (Å²) in [4.78, 5) is 1.86. The van der Waals surface area contributed by atoms with Gasteiger partial charge in [0.25, 0.3) is 6.43 Å². The summed E-state index contributed by atoms with van der Waals surface area (Å²) < 4.78 is 29.9. The summed E-state index contributed by atoms with van der Waals surface area (Å²) in [6.45, 7) is 1.42. The van der Waals surface area contributed by atoms with Gasteiger partial charge < -0.3 is 4.74 Å². The lowest BCUT2D eigenvalue weighted by Crippen LogP contribution is -2.37. The lowest BCUT2D eigenvalue weighted by molar-refractivity contribution is 0.0739. The number of likely N-dealkylation sites (tertiary alicyclic amines) is 1. The van der Waals surface area contributed by atoms with Crippen molar-refractivity contribution in [2.45, 2.75) is 25.2 Å². The Hall–Kier alpha value is -1.16. The van der Waals surface area contributed by atoms with Crippen LogP contribution in [-0.2, 0) is 0 Å². The van der Waals surface area contributed by atoms with Crippen molar-refractivity contribution in [3.8, 4) is 5.75 Å². The fraction of sp³-hybridized carbons (Fsp3) is 0.571. The molecule has 0 aliphatic carbocycles. The summed E-state index contributed by atoms with van der Waals surface area (Å²) in [5.74, 6) is 1.20. The molecular weight excluding hydrogens is 236 g/mol.